The van der Waals surface area contributed by atoms with E-state index in [-0.39, 0.29) is 38.4 Å². The molecule has 9 nitrogen and oxygen atoms in total. The van der Waals surface area contributed by atoms with Crippen LogP contribution in [0.15, 0.2) is 0 Å². The summed E-state index contributed by atoms with van der Waals surface area (Å²) in [7, 11) is 2.73. The van der Waals surface area contributed by atoms with Gasteiger partial charge < -0.3 is 29.3 Å². The quantitative estimate of drug-likeness (QED) is 0.362. The van der Waals surface area contributed by atoms with E-state index in [0.717, 1.165) is 0 Å². The van der Waals surface area contributed by atoms with E-state index in [1.54, 1.807) is 13.8 Å². The third-order valence-electron chi connectivity index (χ3n) is 3.68. The lowest BCUT2D eigenvalue weighted by molar-refractivity contribution is -0.183. The number of rotatable bonds is 12. The molecule has 0 aromatic rings. The number of carbonyl (C=O) groups excluding carboxylic acids is 3. The first-order valence-electron chi connectivity index (χ1n) is 8.20. The Labute approximate surface area is 147 Å². The van der Waals surface area contributed by atoms with E-state index in [0.29, 0.717) is 6.42 Å². The van der Waals surface area contributed by atoms with Crippen LogP contribution in [0.4, 0.5) is 0 Å². The average molecular weight is 363 g/mol. The fourth-order valence-corrected chi connectivity index (χ4v) is 1.87. The molecule has 0 saturated carbocycles. The van der Waals surface area contributed by atoms with Gasteiger partial charge in [0.2, 0.25) is 5.91 Å². The number of aliphatic hydroxyl groups excluding tert-OH is 2. The minimum Gasteiger partial charge on any atom is -0.467 e. The van der Waals surface area contributed by atoms with Gasteiger partial charge in [0.25, 0.3) is 0 Å². The van der Waals surface area contributed by atoms with Crippen LogP contribution in [-0.4, -0.2) is 78.8 Å². The predicted octanol–water partition coefficient (Wildman–Crippen LogP) is -0.174. The Balaban J connectivity index is 4.03. The van der Waals surface area contributed by atoms with E-state index in [4.69, 9.17) is 14.6 Å². The number of hydrogen-bond donors (Lipinski definition) is 2. The Bertz CT molecular complexity index is 424. The molecule has 0 bridgehead atoms. The fraction of sp³-hybridized carbons (Fsp3) is 0.812. The summed E-state index contributed by atoms with van der Waals surface area (Å²) < 4.78 is 14.5. The van der Waals surface area contributed by atoms with Crippen LogP contribution in [0.2, 0.25) is 0 Å². The lowest BCUT2D eigenvalue weighted by atomic mass is 10.2. The predicted molar refractivity (Wildman–Crippen MR) is 87.3 cm³/mol. The van der Waals surface area contributed by atoms with Gasteiger partial charge in [-0.05, 0) is 19.8 Å². The minimum atomic E-state index is -1.31. The normalized spacial score (nSPS) is 14.3. The van der Waals surface area contributed by atoms with Crippen LogP contribution in [0.1, 0.15) is 39.5 Å². The van der Waals surface area contributed by atoms with E-state index >= 15 is 0 Å². The standard InChI is InChI=1S/C16H29NO8/c1-5-12(9-18)25-15(21)10-24-14(20)8-6-7-13(19)17(3)11(2)16(22)23-4/h11-12,15,18,21H,5-10H2,1-4H3/t11-,12?,15?/m1/s1. The first-order chi connectivity index (χ1) is 11.8. The van der Waals surface area contributed by atoms with E-state index < -0.39 is 30.4 Å². The van der Waals surface area contributed by atoms with Crippen LogP contribution in [0, 0.1) is 0 Å². The van der Waals surface area contributed by atoms with E-state index in [1.165, 1.54) is 19.1 Å². The monoisotopic (exact) mass is 363 g/mol. The topological polar surface area (TPSA) is 123 Å². The molecule has 0 aromatic carbocycles. The number of hydrogen-bond acceptors (Lipinski definition) is 8. The molecule has 0 spiro atoms. The summed E-state index contributed by atoms with van der Waals surface area (Å²) in [5, 5.41) is 18.5. The molecule has 0 radical (unpaired) electrons. The van der Waals surface area contributed by atoms with Crippen LogP contribution in [0.25, 0.3) is 0 Å². The van der Waals surface area contributed by atoms with Gasteiger partial charge in [-0.1, -0.05) is 6.92 Å². The van der Waals surface area contributed by atoms with Crippen molar-refractivity contribution in [1.82, 2.24) is 4.90 Å². The number of carbonyl (C=O) groups is 3. The largest absolute Gasteiger partial charge is 0.467 e. The van der Waals surface area contributed by atoms with Gasteiger partial charge in [0.1, 0.15) is 12.6 Å². The second-order valence-electron chi connectivity index (χ2n) is 5.54. The summed E-state index contributed by atoms with van der Waals surface area (Å²) >= 11 is 0. The maximum atomic E-state index is 11.9. The molecule has 0 aromatic heterocycles. The highest BCUT2D eigenvalue weighted by Gasteiger charge is 2.22. The van der Waals surface area contributed by atoms with Crippen molar-refractivity contribution in [3.63, 3.8) is 0 Å². The molecule has 0 saturated heterocycles. The lowest BCUT2D eigenvalue weighted by Gasteiger charge is -2.22. The molecule has 3 atom stereocenters. The molecule has 0 aliphatic carbocycles. The molecule has 0 heterocycles. The zero-order chi connectivity index (χ0) is 19.4. The van der Waals surface area contributed by atoms with Crippen molar-refractivity contribution in [3.05, 3.63) is 0 Å². The summed E-state index contributed by atoms with van der Waals surface area (Å²) in [5.74, 6) is -1.38. The SMILES string of the molecule is CCC(CO)OC(O)COC(=O)CCCC(=O)N(C)[C@H](C)C(=O)OC. The van der Waals surface area contributed by atoms with Gasteiger partial charge in [0.15, 0.2) is 6.29 Å². The molecular formula is C16H29NO8. The highest BCUT2D eigenvalue weighted by molar-refractivity contribution is 5.84. The van der Waals surface area contributed by atoms with Crippen molar-refractivity contribution >= 4 is 17.8 Å². The van der Waals surface area contributed by atoms with Gasteiger partial charge in [-0.15, -0.1) is 0 Å². The van der Waals surface area contributed by atoms with Crippen molar-refractivity contribution in [1.29, 1.82) is 0 Å². The summed E-state index contributed by atoms with van der Waals surface area (Å²) in [4.78, 5) is 36.1. The zero-order valence-electron chi connectivity index (χ0n) is 15.3. The maximum Gasteiger partial charge on any atom is 0.328 e. The number of amides is 1. The number of likely N-dealkylation sites (N-methyl/N-ethyl adjacent to an activating group) is 1. The van der Waals surface area contributed by atoms with Crippen molar-refractivity contribution in [3.8, 4) is 0 Å². The molecule has 2 unspecified atom stereocenters. The van der Waals surface area contributed by atoms with Crippen molar-refractivity contribution in [2.24, 2.45) is 0 Å². The molecule has 0 aliphatic heterocycles. The molecule has 0 fully saturated rings. The Hall–Kier alpha value is -1.71. The lowest BCUT2D eigenvalue weighted by Crippen LogP contribution is -2.40. The van der Waals surface area contributed by atoms with Crippen molar-refractivity contribution in [2.45, 2.75) is 58.0 Å². The van der Waals surface area contributed by atoms with E-state index in [1.807, 2.05) is 0 Å². The molecule has 146 valence electrons. The molecule has 1 amide bonds. The van der Waals surface area contributed by atoms with E-state index in [9.17, 15) is 19.5 Å². The third kappa shape index (κ3) is 9.37. The second-order valence-corrected chi connectivity index (χ2v) is 5.54. The molecule has 0 rings (SSSR count). The van der Waals surface area contributed by atoms with Gasteiger partial charge in [0, 0.05) is 19.9 Å². The number of ether oxygens (including phenoxy) is 3. The van der Waals surface area contributed by atoms with Crippen LogP contribution in [0.5, 0.6) is 0 Å². The van der Waals surface area contributed by atoms with Gasteiger partial charge in [0.05, 0.1) is 19.8 Å². The first-order valence-corrected chi connectivity index (χ1v) is 8.20. The number of esters is 2. The van der Waals surface area contributed by atoms with Gasteiger partial charge >= 0.3 is 11.9 Å². The first kappa shape index (κ1) is 23.3. The Morgan fingerprint density at radius 2 is 1.84 bits per heavy atom. The smallest absolute Gasteiger partial charge is 0.328 e. The number of nitrogens with zero attached hydrogens (tertiary/aromatic N) is 1. The second kappa shape index (κ2) is 12.6. The van der Waals surface area contributed by atoms with E-state index in [2.05, 4.69) is 4.74 Å². The van der Waals surface area contributed by atoms with Crippen LogP contribution >= 0.6 is 0 Å². The molecule has 0 aliphatic rings. The van der Waals surface area contributed by atoms with Gasteiger partial charge in [-0.25, -0.2) is 4.79 Å². The third-order valence-corrected chi connectivity index (χ3v) is 3.68. The van der Waals surface area contributed by atoms with Crippen LogP contribution in [0.3, 0.4) is 0 Å². The van der Waals surface area contributed by atoms with Gasteiger partial charge in [-0.3, -0.25) is 9.59 Å². The number of aliphatic hydroxyl groups is 2. The van der Waals surface area contributed by atoms with Crippen LogP contribution < -0.4 is 0 Å². The van der Waals surface area contributed by atoms with Crippen LogP contribution in [-0.2, 0) is 28.6 Å². The minimum absolute atomic E-state index is 0.00386. The fourth-order valence-electron chi connectivity index (χ4n) is 1.87. The molecular weight excluding hydrogens is 334 g/mol. The highest BCUT2D eigenvalue weighted by Crippen LogP contribution is 2.06. The zero-order valence-corrected chi connectivity index (χ0v) is 15.3. The molecule has 9 heteroatoms. The number of methoxy groups -OCH3 is 1. The Kier molecular flexibility index (Phi) is 11.8. The molecule has 2 N–H and O–H groups in total. The summed E-state index contributed by atoms with van der Waals surface area (Å²) in [6.07, 6.45) is -0.986. The summed E-state index contributed by atoms with van der Waals surface area (Å²) in [6, 6.07) is -0.699. The van der Waals surface area contributed by atoms with Gasteiger partial charge in [-0.2, -0.15) is 0 Å². The van der Waals surface area contributed by atoms with Crippen molar-refractivity contribution < 1.29 is 38.8 Å². The Morgan fingerprint density at radius 3 is 2.36 bits per heavy atom. The summed E-state index contributed by atoms with van der Waals surface area (Å²) in [5.41, 5.74) is 0. The molecule has 25 heavy (non-hydrogen) atoms. The maximum absolute atomic E-state index is 11.9. The van der Waals surface area contributed by atoms with Crippen molar-refractivity contribution in [2.75, 3.05) is 27.4 Å². The average Bonchev–Trinajstić information content (AvgIpc) is 2.62. The Morgan fingerprint density at radius 1 is 1.20 bits per heavy atom. The summed E-state index contributed by atoms with van der Waals surface area (Å²) in [6.45, 7) is 2.76. The highest BCUT2D eigenvalue weighted by atomic mass is 16.6.